The summed E-state index contributed by atoms with van der Waals surface area (Å²) in [4.78, 5) is 3.71. The molecule has 1 atom stereocenters. The van der Waals surface area contributed by atoms with Gasteiger partial charge >= 0.3 is 6.18 Å². The maximum absolute atomic E-state index is 12.1. The van der Waals surface area contributed by atoms with E-state index in [-0.39, 0.29) is 12.3 Å². The van der Waals surface area contributed by atoms with Crippen molar-refractivity contribution in [3.8, 4) is 0 Å². The molecule has 1 rings (SSSR count). The second kappa shape index (κ2) is 4.24. The van der Waals surface area contributed by atoms with Crippen LogP contribution in [0.3, 0.4) is 0 Å². The van der Waals surface area contributed by atoms with Crippen LogP contribution in [0.1, 0.15) is 16.7 Å². The Labute approximate surface area is 82.7 Å². The number of halogens is 3. The fourth-order valence-electron chi connectivity index (χ4n) is 0.825. The van der Waals surface area contributed by atoms with Crippen LogP contribution in [0.25, 0.3) is 0 Å². The zero-order chi connectivity index (χ0) is 10.8. The van der Waals surface area contributed by atoms with E-state index in [0.29, 0.717) is 5.01 Å². The minimum atomic E-state index is -4.45. The van der Waals surface area contributed by atoms with E-state index >= 15 is 0 Å². The predicted molar refractivity (Wildman–Crippen MR) is 45.8 cm³/mol. The average Bonchev–Trinajstić information content (AvgIpc) is 2.50. The molecule has 0 bridgehead atoms. The lowest BCUT2D eigenvalue weighted by atomic mass is 10.2. The second-order valence-corrected chi connectivity index (χ2v) is 3.56. The van der Waals surface area contributed by atoms with Gasteiger partial charge in [0.2, 0.25) is 0 Å². The maximum atomic E-state index is 12.1. The highest BCUT2D eigenvalue weighted by molar-refractivity contribution is 7.09. The lowest BCUT2D eigenvalue weighted by Gasteiger charge is -2.12. The molecule has 0 aromatic carbocycles. The van der Waals surface area contributed by atoms with Crippen LogP contribution in [0.5, 0.6) is 0 Å². The summed E-state index contributed by atoms with van der Waals surface area (Å²) in [7, 11) is 1.45. The highest BCUT2D eigenvalue weighted by Gasteiger charge is 2.39. The van der Waals surface area contributed by atoms with Gasteiger partial charge in [0.15, 0.2) is 0 Å². The SMILES string of the molecule is COCc1nc(C(N)C(F)(F)F)cs1. The summed E-state index contributed by atoms with van der Waals surface area (Å²) in [6.45, 7) is 0.204. The highest BCUT2D eigenvalue weighted by Crippen LogP contribution is 2.30. The first kappa shape index (κ1) is 11.4. The van der Waals surface area contributed by atoms with E-state index in [1.807, 2.05) is 0 Å². The van der Waals surface area contributed by atoms with Crippen LogP contribution >= 0.6 is 11.3 Å². The van der Waals surface area contributed by atoms with Crippen molar-refractivity contribution in [2.24, 2.45) is 5.73 Å². The number of methoxy groups -OCH3 is 1. The molecule has 0 aliphatic carbocycles. The molecule has 7 heteroatoms. The first-order valence-corrected chi connectivity index (χ1v) is 4.58. The van der Waals surface area contributed by atoms with Gasteiger partial charge in [-0.25, -0.2) is 4.98 Å². The summed E-state index contributed by atoms with van der Waals surface area (Å²) >= 11 is 1.10. The molecule has 2 N–H and O–H groups in total. The van der Waals surface area contributed by atoms with Gasteiger partial charge in [0, 0.05) is 12.5 Å². The molecule has 0 spiro atoms. The van der Waals surface area contributed by atoms with Crippen LogP contribution in [0, 0.1) is 0 Å². The van der Waals surface area contributed by atoms with Gasteiger partial charge in [0.1, 0.15) is 11.0 Å². The van der Waals surface area contributed by atoms with Gasteiger partial charge in [-0.1, -0.05) is 0 Å². The van der Waals surface area contributed by atoms with E-state index < -0.39 is 12.2 Å². The zero-order valence-electron chi connectivity index (χ0n) is 7.34. The molecule has 80 valence electrons. The van der Waals surface area contributed by atoms with E-state index in [1.54, 1.807) is 0 Å². The fourth-order valence-corrected chi connectivity index (χ4v) is 1.63. The summed E-state index contributed by atoms with van der Waals surface area (Å²) in [6.07, 6.45) is -4.45. The number of hydrogen-bond donors (Lipinski definition) is 1. The third-order valence-electron chi connectivity index (χ3n) is 1.51. The van der Waals surface area contributed by atoms with Crippen LogP contribution in [0.2, 0.25) is 0 Å². The van der Waals surface area contributed by atoms with Crippen molar-refractivity contribution in [3.63, 3.8) is 0 Å². The molecule has 3 nitrogen and oxygen atoms in total. The number of nitrogens with zero attached hydrogens (tertiary/aromatic N) is 1. The first-order chi connectivity index (χ1) is 6.45. The van der Waals surface area contributed by atoms with Crippen molar-refractivity contribution in [2.75, 3.05) is 7.11 Å². The van der Waals surface area contributed by atoms with Gasteiger partial charge in [-0.05, 0) is 0 Å². The normalized spacial score (nSPS) is 14.4. The van der Waals surface area contributed by atoms with Crippen molar-refractivity contribution in [3.05, 3.63) is 16.1 Å². The molecular formula is C7H9F3N2OS. The number of nitrogens with two attached hydrogens (primary N) is 1. The number of thiazole rings is 1. The van der Waals surface area contributed by atoms with Crippen LogP contribution in [-0.4, -0.2) is 18.3 Å². The Balaban J connectivity index is 2.76. The van der Waals surface area contributed by atoms with Crippen molar-refractivity contribution >= 4 is 11.3 Å². The third-order valence-corrected chi connectivity index (χ3v) is 2.35. The van der Waals surface area contributed by atoms with Crippen molar-refractivity contribution in [2.45, 2.75) is 18.8 Å². The number of rotatable bonds is 3. The standard InChI is InChI=1S/C7H9F3N2OS/c1-13-2-5-12-4(3-14-5)6(11)7(8,9)10/h3,6H,2,11H2,1H3. The molecular weight excluding hydrogens is 217 g/mol. The lowest BCUT2D eigenvalue weighted by molar-refractivity contribution is -0.149. The summed E-state index contributed by atoms with van der Waals surface area (Å²) in [5, 5.41) is 1.79. The second-order valence-electron chi connectivity index (χ2n) is 2.62. The zero-order valence-corrected chi connectivity index (χ0v) is 8.15. The van der Waals surface area contributed by atoms with Gasteiger partial charge in [-0.3, -0.25) is 0 Å². The fraction of sp³-hybridized carbons (Fsp3) is 0.571. The van der Waals surface area contributed by atoms with Crippen molar-refractivity contribution < 1.29 is 17.9 Å². The summed E-state index contributed by atoms with van der Waals surface area (Å²) in [5.74, 6) is 0. The molecule has 1 aromatic heterocycles. The minimum absolute atomic E-state index is 0.158. The first-order valence-electron chi connectivity index (χ1n) is 3.70. The topological polar surface area (TPSA) is 48.1 Å². The van der Waals surface area contributed by atoms with E-state index in [2.05, 4.69) is 4.98 Å². The largest absolute Gasteiger partial charge is 0.409 e. The lowest BCUT2D eigenvalue weighted by Crippen LogP contribution is -2.28. The monoisotopic (exact) mass is 226 g/mol. The van der Waals surface area contributed by atoms with E-state index in [9.17, 15) is 13.2 Å². The van der Waals surface area contributed by atoms with Gasteiger partial charge in [-0.15, -0.1) is 11.3 Å². The minimum Gasteiger partial charge on any atom is -0.378 e. The molecule has 0 amide bonds. The predicted octanol–water partition coefficient (Wildman–Crippen LogP) is 1.85. The molecule has 0 fully saturated rings. The van der Waals surface area contributed by atoms with Gasteiger partial charge in [0.25, 0.3) is 0 Å². The van der Waals surface area contributed by atoms with Gasteiger partial charge in [-0.2, -0.15) is 13.2 Å². The molecule has 0 saturated carbocycles. The molecule has 0 aliphatic rings. The average molecular weight is 226 g/mol. The van der Waals surface area contributed by atoms with Gasteiger partial charge < -0.3 is 10.5 Å². The van der Waals surface area contributed by atoms with E-state index in [4.69, 9.17) is 10.5 Å². The van der Waals surface area contributed by atoms with Crippen molar-refractivity contribution in [1.82, 2.24) is 4.98 Å². The summed E-state index contributed by atoms with van der Waals surface area (Å²) < 4.78 is 41.1. The Morgan fingerprint density at radius 1 is 1.64 bits per heavy atom. The number of alkyl halides is 3. The molecule has 1 heterocycles. The van der Waals surface area contributed by atoms with Crippen LogP contribution < -0.4 is 5.73 Å². The molecule has 1 unspecified atom stereocenters. The molecule has 0 radical (unpaired) electrons. The Morgan fingerprint density at radius 2 is 2.29 bits per heavy atom. The third kappa shape index (κ3) is 2.66. The summed E-state index contributed by atoms with van der Waals surface area (Å²) in [5.41, 5.74) is 4.80. The van der Waals surface area contributed by atoms with Gasteiger partial charge in [0.05, 0.1) is 12.3 Å². The quantitative estimate of drug-likeness (QED) is 0.855. The van der Waals surface area contributed by atoms with Crippen LogP contribution in [-0.2, 0) is 11.3 Å². The molecule has 0 aliphatic heterocycles. The Kier molecular flexibility index (Phi) is 3.46. The number of hydrogen-bond acceptors (Lipinski definition) is 4. The van der Waals surface area contributed by atoms with Crippen LogP contribution in [0.15, 0.2) is 5.38 Å². The molecule has 1 aromatic rings. The molecule has 0 saturated heterocycles. The number of ether oxygens (including phenoxy) is 1. The Hall–Kier alpha value is -0.660. The van der Waals surface area contributed by atoms with E-state index in [1.165, 1.54) is 12.5 Å². The Bertz CT molecular complexity index is 299. The maximum Gasteiger partial charge on any atom is 0.409 e. The van der Waals surface area contributed by atoms with E-state index in [0.717, 1.165) is 11.3 Å². The summed E-state index contributed by atoms with van der Waals surface area (Å²) in [6, 6.07) is -2.01. The van der Waals surface area contributed by atoms with Crippen molar-refractivity contribution in [1.29, 1.82) is 0 Å². The molecule has 14 heavy (non-hydrogen) atoms. The smallest absolute Gasteiger partial charge is 0.378 e. The number of aromatic nitrogens is 1. The Morgan fingerprint density at radius 3 is 2.79 bits per heavy atom. The highest BCUT2D eigenvalue weighted by atomic mass is 32.1. The van der Waals surface area contributed by atoms with Crippen LogP contribution in [0.4, 0.5) is 13.2 Å².